The highest BCUT2D eigenvalue weighted by molar-refractivity contribution is 6.08. The van der Waals surface area contributed by atoms with Crippen LogP contribution in [-0.2, 0) is 10.8 Å². The average molecular weight is 743 g/mol. The molecule has 2 aliphatic heterocycles. The van der Waals surface area contributed by atoms with E-state index in [2.05, 4.69) is 215 Å². The number of anilines is 2. The van der Waals surface area contributed by atoms with Crippen molar-refractivity contribution in [1.29, 1.82) is 0 Å². The van der Waals surface area contributed by atoms with Gasteiger partial charge >= 0.3 is 5.84 Å². The lowest BCUT2D eigenvalue weighted by molar-refractivity contribution is -0.523. The highest BCUT2D eigenvalue weighted by atomic mass is 15.2. The molecule has 0 saturated carbocycles. The SMILES string of the molecule is CCCC([N+]1=C(/C=C/c2ccc(N(CC)CC)cc2)C(C)(C)c2ccccc21)=[N+]1c2ccc3ccccc3c2C(C)(C)C1/C=C/c1ccc(N(CC)CC)cc1. The van der Waals surface area contributed by atoms with Crippen LogP contribution >= 0.6 is 0 Å². The number of allylic oxidation sites excluding steroid dienone is 1. The van der Waals surface area contributed by atoms with E-state index in [1.807, 2.05) is 0 Å². The Labute approximate surface area is 336 Å². The highest BCUT2D eigenvalue weighted by Crippen LogP contribution is 2.50. The van der Waals surface area contributed by atoms with Gasteiger partial charge in [0.15, 0.2) is 6.04 Å². The van der Waals surface area contributed by atoms with E-state index in [0.717, 1.165) is 39.0 Å². The second kappa shape index (κ2) is 16.1. The number of fused-ring (bicyclic) bond motifs is 4. The zero-order valence-corrected chi connectivity index (χ0v) is 35.3. The molecule has 0 radical (unpaired) electrons. The molecule has 7 rings (SSSR count). The maximum atomic E-state index is 2.71. The summed E-state index contributed by atoms with van der Waals surface area (Å²) in [7, 11) is 0. The minimum Gasteiger partial charge on any atom is -0.372 e. The highest BCUT2D eigenvalue weighted by Gasteiger charge is 2.56. The molecular formula is C52H62N4+2. The average Bonchev–Trinajstić information content (AvgIpc) is 3.59. The third-order valence-corrected chi connectivity index (χ3v) is 12.5. The van der Waals surface area contributed by atoms with Crippen LogP contribution in [0.3, 0.4) is 0 Å². The van der Waals surface area contributed by atoms with Gasteiger partial charge in [0.1, 0.15) is 0 Å². The fourth-order valence-corrected chi connectivity index (χ4v) is 9.40. The van der Waals surface area contributed by atoms with Gasteiger partial charge in [0.2, 0.25) is 17.1 Å². The Morgan fingerprint density at radius 1 is 0.607 bits per heavy atom. The van der Waals surface area contributed by atoms with E-state index in [9.17, 15) is 0 Å². The summed E-state index contributed by atoms with van der Waals surface area (Å²) in [4.78, 5) is 4.81. The van der Waals surface area contributed by atoms with E-state index in [1.165, 1.54) is 67.3 Å². The molecule has 4 heteroatoms. The summed E-state index contributed by atoms with van der Waals surface area (Å²) in [5.74, 6) is 1.33. The van der Waals surface area contributed by atoms with Crippen molar-refractivity contribution in [2.24, 2.45) is 0 Å². The lowest BCUT2D eigenvalue weighted by Crippen LogP contribution is -2.39. The van der Waals surface area contributed by atoms with Crippen LogP contribution in [-0.4, -0.2) is 52.9 Å². The van der Waals surface area contributed by atoms with E-state index in [4.69, 9.17) is 0 Å². The smallest absolute Gasteiger partial charge is 0.372 e. The number of rotatable bonds is 12. The van der Waals surface area contributed by atoms with E-state index in [1.54, 1.807) is 0 Å². The topological polar surface area (TPSA) is 12.5 Å². The Kier molecular flexibility index (Phi) is 11.2. The van der Waals surface area contributed by atoms with Crippen LogP contribution in [0.5, 0.6) is 0 Å². The molecular weight excluding hydrogens is 681 g/mol. The van der Waals surface area contributed by atoms with Crippen LogP contribution in [0.2, 0.25) is 0 Å². The molecule has 1 atom stereocenters. The Morgan fingerprint density at radius 3 is 1.79 bits per heavy atom. The maximum absolute atomic E-state index is 2.71. The summed E-state index contributed by atoms with van der Waals surface area (Å²) in [5.41, 5.74) is 11.3. The van der Waals surface area contributed by atoms with Gasteiger partial charge in [-0.15, -0.1) is 9.15 Å². The second-order valence-electron chi connectivity index (χ2n) is 16.5. The van der Waals surface area contributed by atoms with Crippen molar-refractivity contribution in [3.63, 3.8) is 0 Å². The summed E-state index contributed by atoms with van der Waals surface area (Å²) in [6, 6.07) is 41.0. The first kappa shape index (κ1) is 39.0. The molecule has 0 N–H and O–H groups in total. The summed E-state index contributed by atoms with van der Waals surface area (Å²) >= 11 is 0. The van der Waals surface area contributed by atoms with E-state index in [-0.39, 0.29) is 16.9 Å². The second-order valence-corrected chi connectivity index (χ2v) is 16.5. The van der Waals surface area contributed by atoms with Gasteiger partial charge in [0.25, 0.3) is 0 Å². The maximum Gasteiger partial charge on any atom is 0.425 e. The van der Waals surface area contributed by atoms with Crippen LogP contribution in [0.4, 0.5) is 22.7 Å². The molecule has 5 aromatic rings. The molecule has 2 aliphatic rings. The molecule has 0 aromatic heterocycles. The number of para-hydroxylation sites is 1. The van der Waals surface area contributed by atoms with Crippen molar-refractivity contribution in [2.75, 3.05) is 36.0 Å². The lowest BCUT2D eigenvalue weighted by Gasteiger charge is -2.22. The van der Waals surface area contributed by atoms with Crippen LogP contribution in [0.25, 0.3) is 22.9 Å². The summed E-state index contributed by atoms with van der Waals surface area (Å²) in [5, 5.41) is 2.64. The van der Waals surface area contributed by atoms with Crippen molar-refractivity contribution in [2.45, 2.75) is 92.0 Å². The number of benzene rings is 5. The fourth-order valence-electron chi connectivity index (χ4n) is 9.40. The first-order valence-electron chi connectivity index (χ1n) is 21.1. The first-order chi connectivity index (χ1) is 27.1. The number of hydrogen-bond donors (Lipinski definition) is 0. The first-order valence-corrected chi connectivity index (χ1v) is 21.1. The van der Waals surface area contributed by atoms with E-state index >= 15 is 0 Å². The molecule has 288 valence electrons. The molecule has 1 unspecified atom stereocenters. The quantitative estimate of drug-likeness (QED) is 0.0932. The van der Waals surface area contributed by atoms with Gasteiger partial charge in [0, 0.05) is 66.9 Å². The summed E-state index contributed by atoms with van der Waals surface area (Å²) in [6.45, 7) is 24.9. The zero-order valence-electron chi connectivity index (χ0n) is 35.3. The zero-order chi connectivity index (χ0) is 39.6. The molecule has 0 aliphatic carbocycles. The van der Waals surface area contributed by atoms with Gasteiger partial charge in [-0.25, -0.2) is 0 Å². The molecule has 0 amide bonds. The fraction of sp³-hybridized carbons (Fsp3) is 0.346. The van der Waals surface area contributed by atoms with Gasteiger partial charge in [-0.2, -0.15) is 0 Å². The molecule has 0 saturated heterocycles. The van der Waals surface area contributed by atoms with Gasteiger partial charge in [0.05, 0.1) is 17.3 Å². The van der Waals surface area contributed by atoms with Crippen molar-refractivity contribution in [3.8, 4) is 0 Å². The largest absolute Gasteiger partial charge is 0.425 e. The monoisotopic (exact) mass is 742 g/mol. The predicted molar refractivity (Wildman–Crippen MR) is 243 cm³/mol. The lowest BCUT2D eigenvalue weighted by atomic mass is 9.78. The predicted octanol–water partition coefficient (Wildman–Crippen LogP) is 12.5. The third-order valence-electron chi connectivity index (χ3n) is 12.5. The Hall–Kier alpha value is -5.22. The number of nitrogens with zero attached hydrogens (tertiary/aromatic N) is 4. The van der Waals surface area contributed by atoms with Crippen molar-refractivity contribution >= 4 is 57.2 Å². The molecule has 0 fully saturated rings. The Morgan fingerprint density at radius 2 is 1.18 bits per heavy atom. The third kappa shape index (κ3) is 6.93. The minimum atomic E-state index is -0.202. The molecule has 4 nitrogen and oxygen atoms in total. The summed E-state index contributed by atoms with van der Waals surface area (Å²) in [6.07, 6.45) is 11.5. The van der Waals surface area contributed by atoms with Crippen LogP contribution < -0.4 is 9.80 Å². The van der Waals surface area contributed by atoms with Crippen molar-refractivity contribution < 1.29 is 9.15 Å². The van der Waals surface area contributed by atoms with Crippen molar-refractivity contribution in [3.05, 3.63) is 144 Å². The van der Waals surface area contributed by atoms with Gasteiger partial charge in [-0.3, -0.25) is 0 Å². The Balaban J connectivity index is 1.46. The van der Waals surface area contributed by atoms with Crippen LogP contribution in [0, 0.1) is 0 Å². The molecule has 0 spiro atoms. The number of hydrogen-bond acceptors (Lipinski definition) is 2. The standard InChI is InChI=1S/C52H62N4/c1-10-19-49(55-45-23-18-17-22-44(45)51(6,7)47(55)36-28-38-24-31-41(32-25-38)53(11-2)12-3)56-46-35-30-40-20-15-16-21-43(40)50(46)52(8,9)48(56)37-29-39-26-33-42(34-27-39)54(13-4)14-5/h15-18,20-37,48H,10-14,19H2,1-9H3/q+2/b37-29+. The Bertz CT molecular complexity index is 2310. The molecule has 2 heterocycles. The number of amidine groups is 1. The molecule has 0 bridgehead atoms. The van der Waals surface area contributed by atoms with Gasteiger partial charge in [-0.1, -0.05) is 79.7 Å². The van der Waals surface area contributed by atoms with Gasteiger partial charge in [-0.05, 0) is 126 Å². The van der Waals surface area contributed by atoms with Gasteiger partial charge < -0.3 is 9.80 Å². The van der Waals surface area contributed by atoms with Crippen LogP contribution in [0.1, 0.15) is 97.4 Å². The molecule has 5 aromatic carbocycles. The van der Waals surface area contributed by atoms with E-state index < -0.39 is 0 Å². The van der Waals surface area contributed by atoms with Crippen LogP contribution in [0.15, 0.2) is 121 Å². The van der Waals surface area contributed by atoms with E-state index in [0.29, 0.717) is 0 Å². The minimum absolute atomic E-state index is 0.0843. The van der Waals surface area contributed by atoms with Crippen molar-refractivity contribution in [1.82, 2.24) is 0 Å². The summed E-state index contributed by atoms with van der Waals surface area (Å²) < 4.78 is 5.33. The normalized spacial score (nSPS) is 17.9. The molecule has 56 heavy (non-hydrogen) atoms.